The van der Waals surface area contributed by atoms with E-state index in [-0.39, 0.29) is 11.8 Å². The van der Waals surface area contributed by atoms with E-state index in [1.807, 2.05) is 36.4 Å². The number of benzene rings is 2. The van der Waals surface area contributed by atoms with Gasteiger partial charge < -0.3 is 19.7 Å². The molecule has 2 atom stereocenters. The maximum Gasteiger partial charge on any atom is 0.245 e. The zero-order valence-electron chi connectivity index (χ0n) is 15.6. The number of carbonyl (C=O) groups is 2. The highest BCUT2D eigenvalue weighted by Crippen LogP contribution is 2.38. The van der Waals surface area contributed by atoms with Crippen LogP contribution in [0.2, 0.25) is 0 Å². The lowest BCUT2D eigenvalue weighted by molar-refractivity contribution is -0.147. The second-order valence-electron chi connectivity index (χ2n) is 7.00. The Kier molecular flexibility index (Phi) is 4.26. The second-order valence-corrected chi connectivity index (χ2v) is 7.00. The van der Waals surface area contributed by atoms with Crippen LogP contribution in [0.5, 0.6) is 11.5 Å². The van der Waals surface area contributed by atoms with E-state index in [4.69, 9.17) is 9.47 Å². The van der Waals surface area contributed by atoms with Crippen molar-refractivity contribution in [1.29, 1.82) is 0 Å². The van der Waals surface area contributed by atoms with Crippen molar-refractivity contribution >= 4 is 11.8 Å². The molecule has 6 bridgehead atoms. The molecule has 1 saturated heterocycles. The molecule has 0 radical (unpaired) electrons. The molecule has 0 spiro atoms. The van der Waals surface area contributed by atoms with Gasteiger partial charge in [-0.3, -0.25) is 9.59 Å². The number of amides is 2. The first-order chi connectivity index (χ1) is 13.0. The third-order valence-corrected chi connectivity index (χ3v) is 5.42. The molecule has 6 nitrogen and oxygen atoms in total. The smallest absolute Gasteiger partial charge is 0.245 e. The van der Waals surface area contributed by atoms with Crippen molar-refractivity contribution in [3.63, 3.8) is 0 Å². The van der Waals surface area contributed by atoms with Crippen LogP contribution in [0.15, 0.2) is 36.4 Å². The first-order valence-electron chi connectivity index (χ1n) is 8.93. The number of nitrogens with one attached hydrogen (secondary N) is 1. The third-order valence-electron chi connectivity index (χ3n) is 5.42. The molecule has 0 aromatic heterocycles. The van der Waals surface area contributed by atoms with E-state index in [9.17, 15) is 9.59 Å². The Morgan fingerprint density at radius 1 is 0.926 bits per heavy atom. The van der Waals surface area contributed by atoms with E-state index >= 15 is 0 Å². The van der Waals surface area contributed by atoms with Gasteiger partial charge in [0, 0.05) is 31.0 Å². The lowest BCUT2D eigenvalue weighted by Crippen LogP contribution is -2.63. The van der Waals surface area contributed by atoms with Crippen LogP contribution in [-0.4, -0.2) is 50.1 Å². The molecule has 3 aliphatic rings. The fraction of sp³-hybridized carbons (Fsp3) is 0.333. The topological polar surface area (TPSA) is 67.9 Å². The van der Waals surface area contributed by atoms with Crippen molar-refractivity contribution in [2.45, 2.75) is 24.9 Å². The summed E-state index contributed by atoms with van der Waals surface area (Å²) in [5.74, 6) is 1.30. The van der Waals surface area contributed by atoms with Gasteiger partial charge in [-0.15, -0.1) is 0 Å². The highest BCUT2D eigenvalue weighted by Gasteiger charge is 2.38. The average molecular weight is 366 g/mol. The SMILES string of the molecule is COc1ccc2cc1-c1cc(ccc1OC)C[C@H]1C(=O)N[C@@H](C2)C(=O)N1C. The predicted molar refractivity (Wildman–Crippen MR) is 101 cm³/mol. The maximum absolute atomic E-state index is 12.8. The zero-order valence-corrected chi connectivity index (χ0v) is 15.6. The van der Waals surface area contributed by atoms with E-state index in [0.717, 1.165) is 33.8 Å². The molecule has 0 aliphatic carbocycles. The lowest BCUT2D eigenvalue weighted by atomic mass is 9.91. The molecule has 0 saturated carbocycles. The van der Waals surface area contributed by atoms with Crippen LogP contribution in [0.1, 0.15) is 11.1 Å². The number of carbonyl (C=O) groups excluding carboxylic acids is 2. The molecule has 3 aliphatic heterocycles. The fourth-order valence-corrected chi connectivity index (χ4v) is 3.92. The minimum absolute atomic E-state index is 0.0636. The molecule has 0 unspecified atom stereocenters. The maximum atomic E-state index is 12.8. The number of piperazine rings is 1. The molecule has 6 heteroatoms. The van der Waals surface area contributed by atoms with Crippen LogP contribution in [0.3, 0.4) is 0 Å². The molecule has 2 amide bonds. The number of fused-ring (bicyclic) bond motifs is 2. The van der Waals surface area contributed by atoms with E-state index in [1.165, 1.54) is 0 Å². The van der Waals surface area contributed by atoms with Gasteiger partial charge in [0.1, 0.15) is 23.6 Å². The highest BCUT2D eigenvalue weighted by molar-refractivity contribution is 5.97. The van der Waals surface area contributed by atoms with Gasteiger partial charge in [0.2, 0.25) is 11.8 Å². The molecule has 27 heavy (non-hydrogen) atoms. The molecular weight excluding hydrogens is 344 g/mol. The molecule has 5 rings (SSSR count). The van der Waals surface area contributed by atoms with Gasteiger partial charge in [0.15, 0.2) is 0 Å². The first kappa shape index (κ1) is 17.4. The summed E-state index contributed by atoms with van der Waals surface area (Å²) in [6, 6.07) is 10.6. The van der Waals surface area contributed by atoms with E-state index in [2.05, 4.69) is 5.32 Å². The zero-order chi connectivity index (χ0) is 19.1. The van der Waals surface area contributed by atoms with Gasteiger partial charge in [-0.2, -0.15) is 0 Å². The van der Waals surface area contributed by atoms with Gasteiger partial charge in [-0.1, -0.05) is 12.1 Å². The molecule has 2 aromatic rings. The van der Waals surface area contributed by atoms with Crippen LogP contribution in [0.4, 0.5) is 0 Å². The van der Waals surface area contributed by atoms with E-state index in [0.29, 0.717) is 12.8 Å². The van der Waals surface area contributed by atoms with Crippen LogP contribution in [0.25, 0.3) is 11.1 Å². The Morgan fingerprint density at radius 2 is 1.48 bits per heavy atom. The van der Waals surface area contributed by atoms with Crippen LogP contribution >= 0.6 is 0 Å². The number of ether oxygens (including phenoxy) is 2. The van der Waals surface area contributed by atoms with E-state index in [1.54, 1.807) is 26.2 Å². The molecule has 2 aromatic carbocycles. The number of likely N-dealkylation sites (N-methyl/N-ethyl adjacent to an activating group) is 1. The summed E-state index contributed by atoms with van der Waals surface area (Å²) < 4.78 is 11.1. The Labute approximate surface area is 158 Å². The first-order valence-corrected chi connectivity index (χ1v) is 8.93. The fourth-order valence-electron chi connectivity index (χ4n) is 3.92. The second kappa shape index (κ2) is 6.61. The Morgan fingerprint density at radius 3 is 2.04 bits per heavy atom. The van der Waals surface area contributed by atoms with Gasteiger partial charge in [0.25, 0.3) is 0 Å². The summed E-state index contributed by atoms with van der Waals surface area (Å²) in [4.78, 5) is 27.0. The van der Waals surface area contributed by atoms with Gasteiger partial charge in [0.05, 0.1) is 14.2 Å². The molecule has 1 N–H and O–H groups in total. The van der Waals surface area contributed by atoms with Crippen molar-refractivity contribution in [3.05, 3.63) is 47.5 Å². The van der Waals surface area contributed by atoms with E-state index < -0.39 is 12.1 Å². The van der Waals surface area contributed by atoms with Crippen LogP contribution < -0.4 is 14.8 Å². The van der Waals surface area contributed by atoms with Crippen molar-refractivity contribution in [2.75, 3.05) is 21.3 Å². The summed E-state index contributed by atoms with van der Waals surface area (Å²) in [7, 11) is 4.98. The summed E-state index contributed by atoms with van der Waals surface area (Å²) >= 11 is 0. The van der Waals surface area contributed by atoms with Crippen molar-refractivity contribution in [3.8, 4) is 22.6 Å². The predicted octanol–water partition coefficient (Wildman–Crippen LogP) is 1.79. The molecule has 3 heterocycles. The number of rotatable bonds is 2. The standard InChI is InChI=1S/C21H22N2O4/c1-23-17-11-13-5-7-19(27-3)15(9-13)14-8-12(4-6-18(14)26-2)10-16(21(23)25)22-20(17)24/h4-9,16-17H,10-11H2,1-3H3,(H,22,24)/t16-,17-/m0/s1. The van der Waals surface area contributed by atoms with Gasteiger partial charge >= 0.3 is 0 Å². The monoisotopic (exact) mass is 366 g/mol. The van der Waals surface area contributed by atoms with Gasteiger partial charge in [-0.25, -0.2) is 0 Å². The normalized spacial score (nSPS) is 21.2. The molecule has 140 valence electrons. The van der Waals surface area contributed by atoms with Crippen LogP contribution in [-0.2, 0) is 22.4 Å². The Bertz CT molecular complexity index is 924. The summed E-state index contributed by atoms with van der Waals surface area (Å²) in [5.41, 5.74) is 3.73. The largest absolute Gasteiger partial charge is 0.496 e. The third kappa shape index (κ3) is 2.91. The van der Waals surface area contributed by atoms with Crippen molar-refractivity contribution < 1.29 is 19.1 Å². The van der Waals surface area contributed by atoms with Crippen LogP contribution in [0, 0.1) is 0 Å². The number of hydrogen-bond acceptors (Lipinski definition) is 4. The van der Waals surface area contributed by atoms with Crippen molar-refractivity contribution in [1.82, 2.24) is 10.2 Å². The minimum Gasteiger partial charge on any atom is -0.496 e. The Hall–Kier alpha value is -3.02. The van der Waals surface area contributed by atoms with Crippen molar-refractivity contribution in [2.24, 2.45) is 0 Å². The quantitative estimate of drug-likeness (QED) is 0.880. The molecule has 1 fully saturated rings. The average Bonchev–Trinajstić information content (AvgIpc) is 2.68. The summed E-state index contributed by atoms with van der Waals surface area (Å²) in [6.45, 7) is 0. The minimum atomic E-state index is -0.556. The number of nitrogens with zero attached hydrogens (tertiary/aromatic N) is 1. The lowest BCUT2D eigenvalue weighted by Gasteiger charge is -2.37. The summed E-state index contributed by atoms with van der Waals surface area (Å²) in [6.07, 6.45) is 0.875. The van der Waals surface area contributed by atoms with Gasteiger partial charge in [-0.05, 0) is 35.4 Å². The number of hydrogen-bond donors (Lipinski definition) is 1. The summed E-state index contributed by atoms with van der Waals surface area (Å²) in [5, 5.41) is 2.90. The molecular formula is C21H22N2O4. The highest BCUT2D eigenvalue weighted by atomic mass is 16.5. The number of methoxy groups -OCH3 is 2. The Balaban J connectivity index is 1.94.